The Labute approximate surface area is 176 Å². The first-order valence-corrected chi connectivity index (χ1v) is 10.9. The van der Waals surface area contributed by atoms with Crippen molar-refractivity contribution in [3.63, 3.8) is 0 Å². The van der Waals surface area contributed by atoms with E-state index in [1.165, 1.54) is 16.7 Å². The molecule has 1 aromatic rings. The van der Waals surface area contributed by atoms with Gasteiger partial charge in [0.25, 0.3) is 0 Å². The zero-order chi connectivity index (χ0) is 22.2. The normalized spacial score (nSPS) is 14.5. The second-order valence-corrected chi connectivity index (χ2v) is 13.1. The zero-order valence-electron chi connectivity index (χ0n) is 21.1. The third-order valence-corrected chi connectivity index (χ3v) is 5.60. The van der Waals surface area contributed by atoms with Crippen LogP contribution in [0.5, 0.6) is 0 Å². The molecule has 0 unspecified atom stereocenters. The molecule has 2 heteroatoms. The van der Waals surface area contributed by atoms with Crippen LogP contribution in [0.25, 0.3) is 0 Å². The highest BCUT2D eigenvalue weighted by Crippen LogP contribution is 2.37. The van der Waals surface area contributed by atoms with E-state index in [0.717, 1.165) is 12.8 Å². The van der Waals surface area contributed by atoms with Gasteiger partial charge in [0.15, 0.2) is 0 Å². The summed E-state index contributed by atoms with van der Waals surface area (Å²) in [4.78, 5) is 0. The molecule has 1 rings (SSSR count). The third-order valence-electron chi connectivity index (χ3n) is 5.60. The summed E-state index contributed by atoms with van der Waals surface area (Å²) >= 11 is 0. The molecule has 0 aliphatic heterocycles. The van der Waals surface area contributed by atoms with Gasteiger partial charge < -0.3 is 0 Å². The number of hydrazine groups is 1. The van der Waals surface area contributed by atoms with Crippen LogP contribution < -0.4 is 10.9 Å². The Morgan fingerprint density at radius 3 is 1.29 bits per heavy atom. The van der Waals surface area contributed by atoms with Gasteiger partial charge in [0.1, 0.15) is 0 Å². The van der Waals surface area contributed by atoms with Gasteiger partial charge in [-0.2, -0.15) is 0 Å². The second kappa shape index (κ2) is 8.11. The monoisotopic (exact) mass is 388 g/mol. The van der Waals surface area contributed by atoms with Crippen LogP contribution in [0.2, 0.25) is 0 Å². The van der Waals surface area contributed by atoms with Gasteiger partial charge >= 0.3 is 0 Å². The molecule has 0 fully saturated rings. The molecule has 0 amide bonds. The lowest BCUT2D eigenvalue weighted by atomic mass is 9.72. The highest BCUT2D eigenvalue weighted by atomic mass is 15.4. The third kappa shape index (κ3) is 7.87. The first-order chi connectivity index (χ1) is 12.2. The van der Waals surface area contributed by atoms with E-state index in [2.05, 4.69) is 119 Å². The van der Waals surface area contributed by atoms with E-state index < -0.39 is 0 Å². The van der Waals surface area contributed by atoms with E-state index in [9.17, 15) is 0 Å². The Morgan fingerprint density at radius 1 is 0.536 bits per heavy atom. The van der Waals surface area contributed by atoms with Crippen LogP contribution in [-0.4, -0.2) is 11.1 Å². The van der Waals surface area contributed by atoms with E-state index in [1.54, 1.807) is 0 Å². The molecule has 0 bridgehead atoms. The summed E-state index contributed by atoms with van der Waals surface area (Å²) in [6.07, 6.45) is 2.24. The van der Waals surface area contributed by atoms with Gasteiger partial charge in [-0.05, 0) is 80.4 Å². The number of hydrogen-bond donors (Lipinski definition) is 2. The van der Waals surface area contributed by atoms with Gasteiger partial charge in [-0.25, -0.2) is 0 Å². The van der Waals surface area contributed by atoms with Crippen LogP contribution in [0.15, 0.2) is 18.2 Å². The molecule has 0 aliphatic rings. The van der Waals surface area contributed by atoms with Crippen LogP contribution in [0.3, 0.4) is 0 Å². The summed E-state index contributed by atoms with van der Waals surface area (Å²) in [5.74, 6) is 0. The van der Waals surface area contributed by atoms with Crippen molar-refractivity contribution in [2.75, 3.05) is 0 Å². The molecule has 28 heavy (non-hydrogen) atoms. The summed E-state index contributed by atoms with van der Waals surface area (Å²) in [6, 6.07) is 7.31. The lowest BCUT2D eigenvalue weighted by molar-refractivity contribution is 0.232. The fourth-order valence-electron chi connectivity index (χ4n) is 3.07. The lowest BCUT2D eigenvalue weighted by Gasteiger charge is -2.36. The SMILES string of the molecule is CC(C)(C)NNC(C)(C)CCC(C)(C)c1cc(C(C)(C)C)cc(C(C)(C)C)c1. The Balaban J connectivity index is 3.12. The van der Waals surface area contributed by atoms with Gasteiger partial charge in [-0.1, -0.05) is 73.6 Å². The van der Waals surface area contributed by atoms with Crippen molar-refractivity contribution in [1.82, 2.24) is 10.9 Å². The Bertz CT molecular complexity index is 614. The minimum atomic E-state index is 0.0407. The largest absolute Gasteiger partial charge is 0.252 e. The van der Waals surface area contributed by atoms with Crippen molar-refractivity contribution in [2.45, 2.75) is 130 Å². The van der Waals surface area contributed by atoms with Crippen LogP contribution in [-0.2, 0) is 16.2 Å². The molecular formula is C26H48N2. The number of rotatable bonds is 6. The summed E-state index contributed by atoms with van der Waals surface area (Å²) in [5, 5.41) is 0. The molecule has 0 atom stereocenters. The molecule has 162 valence electrons. The summed E-state index contributed by atoms with van der Waals surface area (Å²) in [7, 11) is 0. The van der Waals surface area contributed by atoms with Gasteiger partial charge in [0, 0.05) is 11.1 Å². The molecule has 0 heterocycles. The maximum Gasteiger partial charge on any atom is 0.0268 e. The fraction of sp³-hybridized carbons (Fsp3) is 0.769. The van der Waals surface area contributed by atoms with E-state index in [0.29, 0.717) is 0 Å². The molecular weight excluding hydrogens is 340 g/mol. The molecule has 0 saturated heterocycles. The molecule has 2 nitrogen and oxygen atoms in total. The summed E-state index contributed by atoms with van der Waals surface area (Å²) in [6.45, 7) is 29.8. The van der Waals surface area contributed by atoms with Crippen LogP contribution in [0.4, 0.5) is 0 Å². The maximum absolute atomic E-state index is 3.54. The predicted molar refractivity (Wildman–Crippen MR) is 126 cm³/mol. The van der Waals surface area contributed by atoms with E-state index >= 15 is 0 Å². The zero-order valence-corrected chi connectivity index (χ0v) is 21.1. The van der Waals surface area contributed by atoms with Crippen molar-refractivity contribution in [2.24, 2.45) is 0 Å². The van der Waals surface area contributed by atoms with Crippen LogP contribution in [0.1, 0.15) is 120 Å². The molecule has 0 saturated carbocycles. The Morgan fingerprint density at radius 2 is 0.929 bits per heavy atom. The topological polar surface area (TPSA) is 24.1 Å². The quantitative estimate of drug-likeness (QED) is 0.512. The molecule has 2 N–H and O–H groups in total. The smallest absolute Gasteiger partial charge is 0.0268 e. The van der Waals surface area contributed by atoms with E-state index in [-0.39, 0.29) is 27.3 Å². The molecule has 0 aromatic heterocycles. The summed E-state index contributed by atoms with van der Waals surface area (Å²) < 4.78 is 0. The second-order valence-electron chi connectivity index (χ2n) is 13.1. The highest BCUT2D eigenvalue weighted by Gasteiger charge is 2.29. The van der Waals surface area contributed by atoms with Crippen molar-refractivity contribution in [3.05, 3.63) is 34.9 Å². The van der Waals surface area contributed by atoms with Gasteiger partial charge in [0.05, 0.1) is 0 Å². The predicted octanol–water partition coefficient (Wildman–Crippen LogP) is 7.01. The van der Waals surface area contributed by atoms with Crippen molar-refractivity contribution in [3.8, 4) is 0 Å². The Hall–Kier alpha value is -0.860. The summed E-state index contributed by atoms with van der Waals surface area (Å²) in [5.41, 5.74) is 11.9. The fourth-order valence-corrected chi connectivity index (χ4v) is 3.07. The lowest BCUT2D eigenvalue weighted by Crippen LogP contribution is -2.55. The first-order valence-electron chi connectivity index (χ1n) is 10.9. The van der Waals surface area contributed by atoms with Gasteiger partial charge in [-0.15, -0.1) is 0 Å². The number of hydrogen-bond acceptors (Lipinski definition) is 2. The van der Waals surface area contributed by atoms with E-state index in [4.69, 9.17) is 0 Å². The average Bonchev–Trinajstić information content (AvgIpc) is 2.49. The number of benzene rings is 1. The molecule has 0 spiro atoms. The minimum absolute atomic E-state index is 0.0407. The standard InChI is InChI=1S/C26H48N2/c1-22(2,3)19-16-20(23(4,5)6)18-21(17-19)25(10,11)14-15-26(12,13)28-27-24(7,8)9/h16-18,27-28H,14-15H2,1-13H3. The van der Waals surface area contributed by atoms with E-state index in [1.807, 2.05) is 0 Å². The Kier molecular flexibility index (Phi) is 7.29. The van der Waals surface area contributed by atoms with Crippen LogP contribution in [0, 0.1) is 0 Å². The molecule has 1 aromatic carbocycles. The molecule has 0 radical (unpaired) electrons. The average molecular weight is 389 g/mol. The molecule has 0 aliphatic carbocycles. The van der Waals surface area contributed by atoms with Crippen LogP contribution >= 0.6 is 0 Å². The van der Waals surface area contributed by atoms with Crippen molar-refractivity contribution >= 4 is 0 Å². The first kappa shape index (κ1) is 25.2. The van der Waals surface area contributed by atoms with Gasteiger partial charge in [-0.3, -0.25) is 10.9 Å². The van der Waals surface area contributed by atoms with Crippen molar-refractivity contribution < 1.29 is 0 Å². The van der Waals surface area contributed by atoms with Crippen molar-refractivity contribution in [1.29, 1.82) is 0 Å². The maximum atomic E-state index is 3.54. The highest BCUT2D eigenvalue weighted by molar-refractivity contribution is 5.40. The number of nitrogens with one attached hydrogen (secondary N) is 2. The minimum Gasteiger partial charge on any atom is -0.252 e. The van der Waals surface area contributed by atoms with Gasteiger partial charge in [0.2, 0.25) is 0 Å².